The van der Waals surface area contributed by atoms with Gasteiger partial charge in [0.05, 0.1) is 11.0 Å². The number of fused-ring (bicyclic) bond motifs is 1. The van der Waals surface area contributed by atoms with E-state index in [1.54, 1.807) is 0 Å². The molecule has 1 fully saturated rings. The van der Waals surface area contributed by atoms with Crippen molar-refractivity contribution >= 4 is 16.9 Å². The molecule has 1 saturated heterocycles. The first-order chi connectivity index (χ1) is 12.8. The van der Waals surface area contributed by atoms with Crippen molar-refractivity contribution in [2.75, 3.05) is 13.1 Å². The molecule has 0 aliphatic carbocycles. The maximum atomic E-state index is 12.6. The summed E-state index contributed by atoms with van der Waals surface area (Å²) < 4.78 is 2.31. The minimum atomic E-state index is 0.192. The van der Waals surface area contributed by atoms with Crippen LogP contribution in [0, 0.1) is 0 Å². The van der Waals surface area contributed by atoms with Gasteiger partial charge in [-0.05, 0) is 30.5 Å². The number of hydrogen-bond donors (Lipinski definition) is 0. The fourth-order valence-electron chi connectivity index (χ4n) is 3.93. The SMILES string of the molecule is CCCn1c(C2CC(=O)N(CCc3ccccc3)C2)nc2ccccc21. The van der Waals surface area contributed by atoms with Gasteiger partial charge in [0, 0.05) is 32.0 Å². The van der Waals surface area contributed by atoms with Gasteiger partial charge in [-0.15, -0.1) is 0 Å². The Kier molecular flexibility index (Phi) is 4.74. The molecular formula is C22H25N3O. The van der Waals surface area contributed by atoms with Crippen molar-refractivity contribution in [1.82, 2.24) is 14.5 Å². The molecule has 4 nitrogen and oxygen atoms in total. The zero-order valence-electron chi connectivity index (χ0n) is 15.3. The highest BCUT2D eigenvalue weighted by molar-refractivity contribution is 5.81. The molecule has 1 aliphatic rings. The highest BCUT2D eigenvalue weighted by Gasteiger charge is 2.33. The smallest absolute Gasteiger partial charge is 0.223 e. The van der Waals surface area contributed by atoms with Crippen LogP contribution in [0.3, 0.4) is 0 Å². The number of carbonyl (C=O) groups is 1. The molecule has 1 atom stereocenters. The van der Waals surface area contributed by atoms with Crippen LogP contribution in [0.1, 0.15) is 37.1 Å². The second kappa shape index (κ2) is 7.32. The maximum absolute atomic E-state index is 12.6. The van der Waals surface area contributed by atoms with E-state index in [4.69, 9.17) is 4.98 Å². The topological polar surface area (TPSA) is 38.1 Å². The third-order valence-electron chi connectivity index (χ3n) is 5.22. The summed E-state index contributed by atoms with van der Waals surface area (Å²) in [5, 5.41) is 0. The fourth-order valence-corrected chi connectivity index (χ4v) is 3.93. The van der Waals surface area contributed by atoms with Gasteiger partial charge in [0.25, 0.3) is 0 Å². The van der Waals surface area contributed by atoms with Crippen LogP contribution in [0.15, 0.2) is 54.6 Å². The first kappa shape index (κ1) is 16.8. The van der Waals surface area contributed by atoms with Gasteiger partial charge in [-0.2, -0.15) is 0 Å². The summed E-state index contributed by atoms with van der Waals surface area (Å²) in [6.07, 6.45) is 2.54. The first-order valence-electron chi connectivity index (χ1n) is 9.53. The van der Waals surface area contributed by atoms with Crippen molar-refractivity contribution in [2.45, 2.75) is 38.6 Å². The van der Waals surface area contributed by atoms with E-state index in [2.05, 4.69) is 54.0 Å². The number of rotatable bonds is 6. The summed E-state index contributed by atoms with van der Waals surface area (Å²) in [4.78, 5) is 19.4. The van der Waals surface area contributed by atoms with Crippen molar-refractivity contribution in [3.63, 3.8) is 0 Å². The lowest BCUT2D eigenvalue weighted by molar-refractivity contribution is -0.127. The number of aromatic nitrogens is 2. The van der Waals surface area contributed by atoms with Crippen molar-refractivity contribution in [3.05, 3.63) is 66.0 Å². The highest BCUT2D eigenvalue weighted by Crippen LogP contribution is 2.30. The molecule has 134 valence electrons. The Balaban J connectivity index is 1.53. The molecule has 4 heteroatoms. The number of carbonyl (C=O) groups excluding carboxylic acids is 1. The Morgan fingerprint density at radius 3 is 2.62 bits per heavy atom. The lowest BCUT2D eigenvalue weighted by atomic mass is 10.1. The molecule has 0 bridgehead atoms. The molecule has 0 radical (unpaired) electrons. The monoisotopic (exact) mass is 347 g/mol. The third-order valence-corrected chi connectivity index (χ3v) is 5.22. The Morgan fingerprint density at radius 1 is 1.04 bits per heavy atom. The molecule has 1 unspecified atom stereocenters. The van der Waals surface area contributed by atoms with Gasteiger partial charge in [-0.3, -0.25) is 4.79 Å². The van der Waals surface area contributed by atoms with E-state index >= 15 is 0 Å². The highest BCUT2D eigenvalue weighted by atomic mass is 16.2. The van der Waals surface area contributed by atoms with E-state index in [-0.39, 0.29) is 11.8 Å². The predicted molar refractivity (Wildman–Crippen MR) is 104 cm³/mol. The first-order valence-corrected chi connectivity index (χ1v) is 9.53. The van der Waals surface area contributed by atoms with Crippen LogP contribution >= 0.6 is 0 Å². The molecule has 1 amide bonds. The van der Waals surface area contributed by atoms with Gasteiger partial charge in [0.2, 0.25) is 5.91 Å². The second-order valence-electron chi connectivity index (χ2n) is 7.09. The minimum absolute atomic E-state index is 0.192. The Hall–Kier alpha value is -2.62. The molecule has 3 aromatic rings. The Bertz CT molecular complexity index is 900. The summed E-state index contributed by atoms with van der Waals surface area (Å²) in [7, 11) is 0. The van der Waals surface area contributed by atoms with Gasteiger partial charge in [0.15, 0.2) is 0 Å². The number of hydrogen-bond acceptors (Lipinski definition) is 2. The number of imidazole rings is 1. The van der Waals surface area contributed by atoms with Crippen LogP contribution in [-0.4, -0.2) is 33.4 Å². The summed E-state index contributed by atoms with van der Waals surface area (Å²) in [5.41, 5.74) is 3.49. The van der Waals surface area contributed by atoms with Gasteiger partial charge in [0.1, 0.15) is 5.82 Å². The third kappa shape index (κ3) is 3.24. The summed E-state index contributed by atoms with van der Waals surface area (Å²) in [6, 6.07) is 18.7. The summed E-state index contributed by atoms with van der Waals surface area (Å²) >= 11 is 0. The van der Waals surface area contributed by atoms with Crippen molar-refractivity contribution in [1.29, 1.82) is 0 Å². The molecule has 1 aromatic heterocycles. The average Bonchev–Trinajstić information content (AvgIpc) is 3.22. The number of nitrogens with zero attached hydrogens (tertiary/aromatic N) is 3. The van der Waals surface area contributed by atoms with Crippen LogP contribution in [0.25, 0.3) is 11.0 Å². The maximum Gasteiger partial charge on any atom is 0.223 e. The van der Waals surface area contributed by atoms with Gasteiger partial charge >= 0.3 is 0 Å². The molecule has 2 heterocycles. The zero-order valence-corrected chi connectivity index (χ0v) is 15.3. The largest absolute Gasteiger partial charge is 0.342 e. The number of para-hydroxylation sites is 2. The Morgan fingerprint density at radius 2 is 1.81 bits per heavy atom. The van der Waals surface area contributed by atoms with Gasteiger partial charge < -0.3 is 9.47 Å². The van der Waals surface area contributed by atoms with E-state index in [0.29, 0.717) is 6.42 Å². The lowest BCUT2D eigenvalue weighted by Crippen LogP contribution is -2.27. The number of aryl methyl sites for hydroxylation is 1. The van der Waals surface area contributed by atoms with Crippen LogP contribution in [0.2, 0.25) is 0 Å². The second-order valence-corrected chi connectivity index (χ2v) is 7.09. The summed E-state index contributed by atoms with van der Waals surface area (Å²) in [5.74, 6) is 1.52. The number of likely N-dealkylation sites (tertiary alicyclic amines) is 1. The average molecular weight is 347 g/mol. The van der Waals surface area contributed by atoms with Crippen molar-refractivity contribution < 1.29 is 4.79 Å². The van der Waals surface area contributed by atoms with Crippen molar-refractivity contribution in [3.8, 4) is 0 Å². The number of benzene rings is 2. The molecule has 0 N–H and O–H groups in total. The van der Waals surface area contributed by atoms with E-state index in [1.807, 2.05) is 17.0 Å². The van der Waals surface area contributed by atoms with Crippen LogP contribution in [-0.2, 0) is 17.8 Å². The van der Waals surface area contributed by atoms with Crippen molar-refractivity contribution in [2.24, 2.45) is 0 Å². The molecule has 4 rings (SSSR count). The summed E-state index contributed by atoms with van der Waals surface area (Å²) in [6.45, 7) is 4.70. The van der Waals surface area contributed by atoms with Crippen LogP contribution in [0.5, 0.6) is 0 Å². The quantitative estimate of drug-likeness (QED) is 0.676. The van der Waals surface area contributed by atoms with E-state index < -0.39 is 0 Å². The molecule has 0 saturated carbocycles. The molecule has 2 aromatic carbocycles. The Labute approximate surface area is 154 Å². The molecule has 26 heavy (non-hydrogen) atoms. The molecular weight excluding hydrogens is 322 g/mol. The van der Waals surface area contributed by atoms with E-state index in [9.17, 15) is 4.79 Å². The fraction of sp³-hybridized carbons (Fsp3) is 0.364. The zero-order chi connectivity index (χ0) is 17.9. The van der Waals surface area contributed by atoms with E-state index in [1.165, 1.54) is 11.1 Å². The predicted octanol–water partition coefficient (Wildman–Crippen LogP) is 4.00. The normalized spacial score (nSPS) is 17.3. The molecule has 1 aliphatic heterocycles. The van der Waals surface area contributed by atoms with Crippen LogP contribution in [0.4, 0.5) is 0 Å². The van der Waals surface area contributed by atoms with Gasteiger partial charge in [-0.1, -0.05) is 49.4 Å². The molecule has 0 spiro atoms. The lowest BCUT2D eigenvalue weighted by Gasteiger charge is -2.17. The van der Waals surface area contributed by atoms with Gasteiger partial charge in [-0.25, -0.2) is 4.98 Å². The number of amides is 1. The minimum Gasteiger partial charge on any atom is -0.342 e. The standard InChI is InChI=1S/C22H25N3O/c1-2-13-25-20-11-7-6-10-19(20)23-22(25)18-15-21(26)24(16-18)14-12-17-8-4-3-5-9-17/h3-11,18H,2,12-16H2,1H3. The van der Waals surface area contributed by atoms with E-state index in [0.717, 1.165) is 43.8 Å². The van der Waals surface area contributed by atoms with Crippen LogP contribution < -0.4 is 0 Å².